The van der Waals surface area contributed by atoms with Crippen LogP contribution in [0.25, 0.3) is 22.2 Å². The summed E-state index contributed by atoms with van der Waals surface area (Å²) in [4.78, 5) is 22.7. The molecule has 3 heterocycles. The normalized spacial score (nSPS) is 16.2. The number of aryl methyl sites for hydroxylation is 2. The summed E-state index contributed by atoms with van der Waals surface area (Å²) in [7, 11) is -3.76. The zero-order valence-electron chi connectivity index (χ0n) is 19.0. The fraction of sp³-hybridized carbons (Fsp3) is 0.292. The molecule has 35 heavy (non-hydrogen) atoms. The number of nitrogens with two attached hydrogens (primary N) is 2. The highest BCUT2D eigenvalue weighted by atomic mass is 32.2. The first-order valence-corrected chi connectivity index (χ1v) is 12.9. The molecule has 0 saturated carbocycles. The maximum absolute atomic E-state index is 13.2. The maximum atomic E-state index is 13.2. The topological polar surface area (TPSA) is 155 Å². The van der Waals surface area contributed by atoms with Crippen LogP contribution >= 0.6 is 0 Å². The minimum absolute atomic E-state index is 0.000690. The number of carbonyl (C=O) groups is 1. The Kier molecular flexibility index (Phi) is 6.13. The first kappa shape index (κ1) is 23.2. The van der Waals surface area contributed by atoms with Crippen molar-refractivity contribution in [3.8, 4) is 0 Å². The maximum Gasteiger partial charge on any atom is 0.257 e. The van der Waals surface area contributed by atoms with Gasteiger partial charge >= 0.3 is 0 Å². The summed E-state index contributed by atoms with van der Waals surface area (Å²) in [5.74, 6) is -0.0369. The molecule has 1 aliphatic heterocycles. The van der Waals surface area contributed by atoms with Crippen molar-refractivity contribution in [2.45, 2.75) is 36.8 Å². The Hall–Kier alpha value is -3.54. The van der Waals surface area contributed by atoms with Gasteiger partial charge in [-0.05, 0) is 49.1 Å². The lowest BCUT2D eigenvalue weighted by molar-refractivity contribution is 0.0859. The smallest absolute Gasteiger partial charge is 0.257 e. The van der Waals surface area contributed by atoms with E-state index >= 15 is 0 Å². The number of nitrogens with zero attached hydrogens (tertiary/aromatic N) is 3. The van der Waals surface area contributed by atoms with Gasteiger partial charge in [0.05, 0.1) is 22.0 Å². The van der Waals surface area contributed by atoms with Crippen LogP contribution in [0.5, 0.6) is 0 Å². The van der Waals surface area contributed by atoms with Gasteiger partial charge in [0.15, 0.2) is 5.65 Å². The number of nitrogens with one attached hydrogen (secondary N) is 1. The molecule has 1 fully saturated rings. The molecule has 0 radical (unpaired) electrons. The highest BCUT2D eigenvalue weighted by Gasteiger charge is 2.25. The number of rotatable bonds is 7. The summed E-state index contributed by atoms with van der Waals surface area (Å²) in [5, 5.41) is 8.12. The van der Waals surface area contributed by atoms with Crippen LogP contribution in [-0.4, -0.2) is 48.1 Å². The highest BCUT2D eigenvalue weighted by Crippen LogP contribution is 2.28. The molecule has 0 bridgehead atoms. The van der Waals surface area contributed by atoms with Gasteiger partial charge in [0.1, 0.15) is 16.9 Å². The third-order valence-electron chi connectivity index (χ3n) is 6.21. The molecule has 0 spiro atoms. The first-order valence-electron chi connectivity index (χ1n) is 11.4. The van der Waals surface area contributed by atoms with Gasteiger partial charge in [-0.1, -0.05) is 24.3 Å². The van der Waals surface area contributed by atoms with E-state index < -0.39 is 10.0 Å². The number of primary sulfonamides is 1. The Balaban J connectivity index is 1.49. The largest absolute Gasteiger partial charge is 0.384 e. The fourth-order valence-corrected chi connectivity index (χ4v) is 4.87. The Morgan fingerprint density at radius 2 is 1.83 bits per heavy atom. The summed E-state index contributed by atoms with van der Waals surface area (Å²) < 4.78 is 30.4. The van der Waals surface area contributed by atoms with Gasteiger partial charge < -0.3 is 20.4 Å². The summed E-state index contributed by atoms with van der Waals surface area (Å²) in [6.45, 7) is 1.53. The number of nitrogen functional groups attached to an aromatic ring is 1. The van der Waals surface area contributed by atoms with Crippen LogP contribution in [0.2, 0.25) is 0 Å². The Labute approximate surface area is 202 Å². The number of para-hydroxylation sites is 2. The molecule has 2 aromatic carbocycles. The second kappa shape index (κ2) is 9.25. The van der Waals surface area contributed by atoms with Crippen molar-refractivity contribution in [3.63, 3.8) is 0 Å². The quantitative estimate of drug-likeness (QED) is 0.355. The predicted molar refractivity (Wildman–Crippen MR) is 132 cm³/mol. The highest BCUT2D eigenvalue weighted by molar-refractivity contribution is 7.89. The Bertz CT molecular complexity index is 1510. The van der Waals surface area contributed by atoms with Crippen molar-refractivity contribution >= 4 is 43.9 Å². The number of ether oxygens (including phenoxy) is 1. The van der Waals surface area contributed by atoms with E-state index in [-0.39, 0.29) is 22.7 Å². The zero-order valence-corrected chi connectivity index (χ0v) is 19.8. The Morgan fingerprint density at radius 1 is 1.11 bits per heavy atom. The third-order valence-corrected chi connectivity index (χ3v) is 7.14. The van der Waals surface area contributed by atoms with Crippen molar-refractivity contribution in [2.75, 3.05) is 18.9 Å². The van der Waals surface area contributed by atoms with Crippen LogP contribution < -0.4 is 16.2 Å². The fourth-order valence-electron chi connectivity index (χ4n) is 4.35. The summed E-state index contributed by atoms with van der Waals surface area (Å²) in [5.41, 5.74) is 10.0. The van der Waals surface area contributed by atoms with Crippen molar-refractivity contribution in [2.24, 2.45) is 5.14 Å². The first-order chi connectivity index (χ1) is 16.8. The molecule has 11 heteroatoms. The van der Waals surface area contributed by atoms with E-state index in [9.17, 15) is 13.2 Å². The number of hydrogen-bond donors (Lipinski definition) is 3. The van der Waals surface area contributed by atoms with Gasteiger partial charge in [0.2, 0.25) is 10.0 Å². The van der Waals surface area contributed by atoms with E-state index in [1.165, 1.54) is 12.1 Å². The van der Waals surface area contributed by atoms with E-state index in [0.717, 1.165) is 18.4 Å². The predicted octanol–water partition coefficient (Wildman–Crippen LogP) is 1.97. The molecule has 0 unspecified atom stereocenters. The lowest BCUT2D eigenvalue weighted by atomic mass is 10.1. The second-order valence-corrected chi connectivity index (χ2v) is 10.1. The third kappa shape index (κ3) is 4.70. The number of fused-ring (bicyclic) bond motifs is 2. The summed E-state index contributed by atoms with van der Waals surface area (Å²) in [6, 6.07) is 13.8. The lowest BCUT2D eigenvalue weighted by Gasteiger charge is -2.11. The Morgan fingerprint density at radius 3 is 2.49 bits per heavy atom. The molecule has 2 aromatic heterocycles. The molecule has 1 saturated heterocycles. The number of sulfonamides is 1. The molecule has 5 rings (SSSR count). The zero-order chi connectivity index (χ0) is 24.6. The van der Waals surface area contributed by atoms with Gasteiger partial charge in [-0.25, -0.2) is 23.5 Å². The van der Waals surface area contributed by atoms with Gasteiger partial charge in [0, 0.05) is 19.7 Å². The van der Waals surface area contributed by atoms with E-state index in [0.29, 0.717) is 53.9 Å². The molecule has 1 aliphatic rings. The van der Waals surface area contributed by atoms with Crippen LogP contribution in [-0.2, 0) is 27.7 Å². The van der Waals surface area contributed by atoms with Crippen molar-refractivity contribution < 1.29 is 17.9 Å². The van der Waals surface area contributed by atoms with E-state index in [4.69, 9.17) is 25.6 Å². The van der Waals surface area contributed by atoms with E-state index in [1.54, 1.807) is 16.7 Å². The standard InChI is InChI=1S/C24H26N6O4S/c25-22-20(24(31)27-14-16-4-3-13-34-16)21-23(29-19-6-2-1-5-18(19)28-21)30(22)12-11-15-7-9-17(10-8-15)35(26,32)33/h1-2,5-10,16H,3-4,11-14,25H2,(H,27,31)(H2,26,32,33)/t16-/m0/s1. The lowest BCUT2D eigenvalue weighted by Crippen LogP contribution is -2.32. The van der Waals surface area contributed by atoms with Crippen molar-refractivity contribution in [1.29, 1.82) is 0 Å². The molecular formula is C24H26N6O4S. The molecule has 4 aromatic rings. The minimum atomic E-state index is -3.76. The van der Waals surface area contributed by atoms with Crippen LogP contribution in [0.4, 0.5) is 5.82 Å². The minimum Gasteiger partial charge on any atom is -0.384 e. The average molecular weight is 495 g/mol. The van der Waals surface area contributed by atoms with E-state index in [2.05, 4.69) is 5.32 Å². The summed E-state index contributed by atoms with van der Waals surface area (Å²) in [6.07, 6.45) is 2.43. The number of hydrogen-bond acceptors (Lipinski definition) is 7. The van der Waals surface area contributed by atoms with Crippen LogP contribution in [0.3, 0.4) is 0 Å². The van der Waals surface area contributed by atoms with E-state index in [1.807, 2.05) is 24.3 Å². The van der Waals surface area contributed by atoms with Crippen molar-refractivity contribution in [1.82, 2.24) is 19.9 Å². The number of benzene rings is 2. The number of anilines is 1. The van der Waals surface area contributed by atoms with Crippen LogP contribution in [0, 0.1) is 0 Å². The van der Waals surface area contributed by atoms with Crippen molar-refractivity contribution in [3.05, 3.63) is 59.7 Å². The van der Waals surface area contributed by atoms with Crippen LogP contribution in [0.15, 0.2) is 53.4 Å². The monoisotopic (exact) mass is 494 g/mol. The summed E-state index contributed by atoms with van der Waals surface area (Å²) >= 11 is 0. The number of carbonyl (C=O) groups excluding carboxylic acids is 1. The van der Waals surface area contributed by atoms with Gasteiger partial charge in [-0.15, -0.1) is 0 Å². The molecular weight excluding hydrogens is 468 g/mol. The SMILES string of the molecule is Nc1c(C(=O)NC[C@@H]2CCCO2)c2nc3ccccc3nc2n1CCc1ccc(S(N)(=O)=O)cc1. The average Bonchev–Trinajstić information content (AvgIpc) is 3.45. The number of aromatic nitrogens is 3. The van der Waals surface area contributed by atoms with Gasteiger partial charge in [-0.2, -0.15) is 0 Å². The molecule has 1 amide bonds. The molecule has 0 aliphatic carbocycles. The second-order valence-electron chi connectivity index (χ2n) is 8.58. The molecule has 1 atom stereocenters. The molecule has 5 N–H and O–H groups in total. The number of amides is 1. The van der Waals surface area contributed by atoms with Gasteiger partial charge in [0.25, 0.3) is 5.91 Å². The molecule has 10 nitrogen and oxygen atoms in total. The van der Waals surface area contributed by atoms with Gasteiger partial charge in [-0.3, -0.25) is 4.79 Å². The molecule has 182 valence electrons. The van der Waals surface area contributed by atoms with Crippen LogP contribution in [0.1, 0.15) is 28.8 Å².